The van der Waals surface area contributed by atoms with Gasteiger partial charge in [0.05, 0.1) is 19.1 Å². The Morgan fingerprint density at radius 2 is 1.94 bits per heavy atom. The first-order valence-electron chi connectivity index (χ1n) is 6.68. The Kier molecular flexibility index (Phi) is 3.73. The van der Waals surface area contributed by atoms with Crippen LogP contribution in [0.1, 0.15) is 39.5 Å². The molecule has 0 heterocycles. The van der Waals surface area contributed by atoms with Gasteiger partial charge in [0, 0.05) is 11.5 Å². The van der Waals surface area contributed by atoms with E-state index in [1.165, 1.54) is 0 Å². The van der Waals surface area contributed by atoms with Crippen molar-refractivity contribution in [3.05, 3.63) is 11.6 Å². The average molecular weight is 252 g/mol. The molecule has 0 aromatic carbocycles. The third kappa shape index (κ3) is 2.28. The van der Waals surface area contributed by atoms with Gasteiger partial charge in [0.2, 0.25) is 0 Å². The smallest absolute Gasteiger partial charge is 0.330 e. The molecule has 4 nitrogen and oxygen atoms in total. The summed E-state index contributed by atoms with van der Waals surface area (Å²) >= 11 is 0. The van der Waals surface area contributed by atoms with Crippen LogP contribution in [0.2, 0.25) is 0 Å². The number of carbonyl (C=O) groups excluding carboxylic acids is 2. The number of hydrogen-bond acceptors (Lipinski definition) is 4. The van der Waals surface area contributed by atoms with Gasteiger partial charge in [0.25, 0.3) is 0 Å². The molecule has 4 heteroatoms. The lowest BCUT2D eigenvalue weighted by molar-refractivity contribution is -0.149. The lowest BCUT2D eigenvalue weighted by Gasteiger charge is -2.17. The van der Waals surface area contributed by atoms with Gasteiger partial charge in [-0.15, -0.1) is 0 Å². The topological polar surface area (TPSA) is 52.6 Å². The Morgan fingerprint density at radius 3 is 2.50 bits per heavy atom. The third-order valence-corrected chi connectivity index (χ3v) is 3.95. The lowest BCUT2D eigenvalue weighted by atomic mass is 9.89. The van der Waals surface area contributed by atoms with Crippen molar-refractivity contribution in [3.63, 3.8) is 0 Å². The third-order valence-electron chi connectivity index (χ3n) is 3.95. The van der Waals surface area contributed by atoms with E-state index in [0.29, 0.717) is 13.2 Å². The summed E-state index contributed by atoms with van der Waals surface area (Å²) in [6.45, 7) is 4.42. The van der Waals surface area contributed by atoms with Crippen molar-refractivity contribution in [1.82, 2.24) is 0 Å². The van der Waals surface area contributed by atoms with E-state index in [4.69, 9.17) is 9.47 Å². The molecule has 0 N–H and O–H groups in total. The molecule has 0 aromatic rings. The summed E-state index contributed by atoms with van der Waals surface area (Å²) in [4.78, 5) is 23.4. The van der Waals surface area contributed by atoms with Crippen LogP contribution in [-0.2, 0) is 19.1 Å². The minimum atomic E-state index is -0.289. The second-order valence-corrected chi connectivity index (χ2v) is 4.92. The molecule has 2 rings (SSSR count). The van der Waals surface area contributed by atoms with E-state index in [-0.39, 0.29) is 23.3 Å². The van der Waals surface area contributed by atoms with Crippen LogP contribution in [0.25, 0.3) is 0 Å². The summed E-state index contributed by atoms with van der Waals surface area (Å²) in [6.07, 6.45) is 5.17. The number of allylic oxidation sites excluding steroid dienone is 1. The highest BCUT2D eigenvalue weighted by Gasteiger charge is 2.58. The molecule has 1 unspecified atom stereocenters. The molecule has 2 fully saturated rings. The van der Waals surface area contributed by atoms with E-state index >= 15 is 0 Å². The average Bonchev–Trinajstić information content (AvgIpc) is 3.01. The molecule has 0 aliphatic heterocycles. The second kappa shape index (κ2) is 5.12. The molecule has 0 amide bonds. The first-order chi connectivity index (χ1) is 8.64. The highest BCUT2D eigenvalue weighted by Crippen LogP contribution is 2.64. The van der Waals surface area contributed by atoms with Crippen molar-refractivity contribution in [1.29, 1.82) is 0 Å². The van der Waals surface area contributed by atoms with Crippen molar-refractivity contribution in [3.8, 4) is 0 Å². The van der Waals surface area contributed by atoms with Gasteiger partial charge in [-0.25, -0.2) is 4.79 Å². The Bertz CT molecular complexity index is 379. The van der Waals surface area contributed by atoms with Crippen LogP contribution in [-0.4, -0.2) is 25.2 Å². The van der Waals surface area contributed by atoms with Gasteiger partial charge in [-0.05, 0) is 39.5 Å². The molecule has 100 valence electrons. The number of ether oxygens (including phenoxy) is 2. The summed E-state index contributed by atoms with van der Waals surface area (Å²) in [7, 11) is 0. The van der Waals surface area contributed by atoms with Crippen LogP contribution in [0.5, 0.6) is 0 Å². The van der Waals surface area contributed by atoms with Crippen LogP contribution in [0.15, 0.2) is 11.6 Å². The van der Waals surface area contributed by atoms with Crippen molar-refractivity contribution in [2.24, 2.45) is 11.3 Å². The fraction of sp³-hybridized carbons (Fsp3) is 0.714. The van der Waals surface area contributed by atoms with Crippen molar-refractivity contribution < 1.29 is 19.1 Å². The van der Waals surface area contributed by atoms with E-state index in [1.54, 1.807) is 13.0 Å². The van der Waals surface area contributed by atoms with Crippen LogP contribution in [0.4, 0.5) is 0 Å². The summed E-state index contributed by atoms with van der Waals surface area (Å²) < 4.78 is 10.1. The van der Waals surface area contributed by atoms with E-state index in [2.05, 4.69) is 0 Å². The molecule has 2 aliphatic rings. The Hall–Kier alpha value is -1.32. The molecule has 18 heavy (non-hydrogen) atoms. The predicted molar refractivity (Wildman–Crippen MR) is 65.7 cm³/mol. The van der Waals surface area contributed by atoms with Gasteiger partial charge < -0.3 is 9.47 Å². The first kappa shape index (κ1) is 13.1. The Balaban J connectivity index is 2.09. The number of rotatable bonds is 4. The van der Waals surface area contributed by atoms with E-state index < -0.39 is 0 Å². The normalized spacial score (nSPS) is 26.3. The largest absolute Gasteiger partial charge is 0.466 e. The van der Waals surface area contributed by atoms with Gasteiger partial charge in [-0.2, -0.15) is 0 Å². The molecule has 0 bridgehead atoms. The first-order valence-corrected chi connectivity index (χ1v) is 6.68. The molecule has 2 saturated carbocycles. The van der Waals surface area contributed by atoms with E-state index in [1.807, 2.05) is 6.92 Å². The van der Waals surface area contributed by atoms with Crippen LogP contribution in [0, 0.1) is 11.3 Å². The minimum Gasteiger partial charge on any atom is -0.466 e. The monoisotopic (exact) mass is 252 g/mol. The zero-order chi connectivity index (χ0) is 13.2. The highest BCUT2D eigenvalue weighted by molar-refractivity contribution is 5.84. The van der Waals surface area contributed by atoms with E-state index in [9.17, 15) is 9.59 Å². The van der Waals surface area contributed by atoms with Gasteiger partial charge >= 0.3 is 11.9 Å². The Labute approximate surface area is 107 Å². The van der Waals surface area contributed by atoms with Gasteiger partial charge in [-0.1, -0.05) is 5.57 Å². The van der Waals surface area contributed by atoms with Crippen molar-refractivity contribution >= 4 is 11.9 Å². The summed E-state index contributed by atoms with van der Waals surface area (Å²) in [6, 6.07) is 0. The van der Waals surface area contributed by atoms with Crippen LogP contribution in [0.3, 0.4) is 0 Å². The van der Waals surface area contributed by atoms with E-state index in [0.717, 1.165) is 31.3 Å². The highest BCUT2D eigenvalue weighted by atomic mass is 16.5. The summed E-state index contributed by atoms with van der Waals surface area (Å²) in [5, 5.41) is 0. The molecular weight excluding hydrogens is 232 g/mol. The van der Waals surface area contributed by atoms with Crippen molar-refractivity contribution in [2.45, 2.75) is 39.5 Å². The number of esters is 2. The maximum absolute atomic E-state index is 11.9. The Morgan fingerprint density at radius 1 is 1.28 bits per heavy atom. The molecule has 0 aromatic heterocycles. The molecule has 1 spiro atoms. The fourth-order valence-electron chi connectivity index (χ4n) is 2.98. The van der Waals surface area contributed by atoms with Gasteiger partial charge in [0.1, 0.15) is 0 Å². The molecule has 0 radical (unpaired) electrons. The molecule has 2 aliphatic carbocycles. The quantitative estimate of drug-likeness (QED) is 0.568. The molecule has 0 saturated heterocycles. The zero-order valence-electron chi connectivity index (χ0n) is 11.0. The number of carbonyl (C=O) groups is 2. The second-order valence-electron chi connectivity index (χ2n) is 4.92. The standard InChI is InChI=1S/C14H20O4/c1-3-17-12(15)9-10-5-6-11(13(16)18-4-2)14(10)7-8-14/h9,11H,3-8H2,1-2H3/b10-9-. The zero-order valence-corrected chi connectivity index (χ0v) is 11.0. The van der Waals surface area contributed by atoms with Crippen LogP contribution < -0.4 is 0 Å². The van der Waals surface area contributed by atoms with Gasteiger partial charge in [-0.3, -0.25) is 4.79 Å². The minimum absolute atomic E-state index is 0.0573. The molecule has 1 atom stereocenters. The SMILES string of the molecule is CCOC(=O)/C=C1/CCC(C(=O)OCC)C12CC2. The predicted octanol–water partition coefficient (Wildman–Crippen LogP) is 2.23. The maximum Gasteiger partial charge on any atom is 0.330 e. The van der Waals surface area contributed by atoms with Crippen molar-refractivity contribution in [2.75, 3.05) is 13.2 Å². The maximum atomic E-state index is 11.9. The van der Waals surface area contributed by atoms with Crippen LogP contribution >= 0.6 is 0 Å². The van der Waals surface area contributed by atoms with Gasteiger partial charge in [0.15, 0.2) is 0 Å². The lowest BCUT2D eigenvalue weighted by Crippen LogP contribution is -2.23. The molecular formula is C14H20O4. The number of hydrogen-bond donors (Lipinski definition) is 0. The summed E-state index contributed by atoms with van der Waals surface area (Å²) in [5.74, 6) is -0.455. The summed E-state index contributed by atoms with van der Waals surface area (Å²) in [5.41, 5.74) is 0.998. The fourth-order valence-corrected chi connectivity index (χ4v) is 2.98.